The highest BCUT2D eigenvalue weighted by atomic mass is 16.6. The minimum Gasteiger partial charge on any atom is -0.508 e. The first-order valence-corrected chi connectivity index (χ1v) is 36.5. The van der Waals surface area contributed by atoms with Gasteiger partial charge in [0.25, 0.3) is 5.91 Å². The zero-order chi connectivity index (χ0) is 75.1. The van der Waals surface area contributed by atoms with Gasteiger partial charge in [-0.05, 0) is 138 Å². The highest BCUT2D eigenvalue weighted by molar-refractivity contribution is 6.09. The number of ether oxygens (including phenoxy) is 5. The van der Waals surface area contributed by atoms with Gasteiger partial charge < -0.3 is 71.5 Å². The number of likely N-dealkylation sites (tertiary alicyclic amines) is 3. The van der Waals surface area contributed by atoms with Gasteiger partial charge in [0, 0.05) is 122 Å². The summed E-state index contributed by atoms with van der Waals surface area (Å²) in [5.41, 5.74) is 6.52. The molecule has 14 rings (SSSR count). The molecule has 3 aliphatic carbocycles. The monoisotopic (exact) mass is 1450 g/mol. The summed E-state index contributed by atoms with van der Waals surface area (Å²) in [5, 5.41) is 40.4. The number of hydrogen-bond acceptors (Lipinski definition) is 18. The van der Waals surface area contributed by atoms with E-state index in [-0.39, 0.29) is 87.8 Å². The molecule has 3 saturated carbocycles. The number of nitrogens with one attached hydrogen (secondary N) is 6. The molecular weight excluding hydrogens is 1350 g/mol. The van der Waals surface area contributed by atoms with Gasteiger partial charge in [0.1, 0.15) is 40.2 Å². The fourth-order valence-electron chi connectivity index (χ4n) is 17.7. The van der Waals surface area contributed by atoms with E-state index in [1.54, 1.807) is 51.7 Å². The number of aromatic hydroxyl groups is 2. The number of nitrogens with zero attached hydrogens (tertiary/aromatic N) is 3. The molecule has 0 bridgehead atoms. The predicted molar refractivity (Wildman–Crippen MR) is 389 cm³/mol. The van der Waals surface area contributed by atoms with Gasteiger partial charge in [-0.1, -0.05) is 90.1 Å². The lowest BCUT2D eigenvalue weighted by molar-refractivity contribution is -0.142. The summed E-state index contributed by atoms with van der Waals surface area (Å²) < 4.78 is 28.6. The largest absolute Gasteiger partial charge is 0.508 e. The van der Waals surface area contributed by atoms with Gasteiger partial charge in [-0.15, -0.1) is 0 Å². The van der Waals surface area contributed by atoms with E-state index in [2.05, 4.69) is 41.7 Å². The second-order valence-corrected chi connectivity index (χ2v) is 31.8. The van der Waals surface area contributed by atoms with Crippen LogP contribution in [-0.2, 0) is 58.7 Å². The fourth-order valence-corrected chi connectivity index (χ4v) is 17.7. The van der Waals surface area contributed by atoms with Gasteiger partial charge in [0.2, 0.25) is 35.4 Å². The van der Waals surface area contributed by atoms with Gasteiger partial charge in [0.05, 0.1) is 50.6 Å². The standard InChI is InChI=1S/C81H94N10O15/c1-78(2)58(34-66(78)86-71(95)54-11-10-12-57-69(54)77(101)106-81(57)55-27-19-49(92)32-64(55)105-65-33-50(93)20-28-56(65)81)73(97)84-47-30-62(90(41-47)38-44-15-23-52(103-8)24-16-44)76(100)88-68-36-60(80(68,5)6)74(98)85-48-31-63(91(42-48)39-45-17-25-53(104-9)26-18-45)75(99)87-67-35-59(79(67,3)4)72(96)83-46-29-61(70(82)94)89(40-46)37-43-13-21-51(102-7)22-14-43/h10-28,32-33,46-48,58-63,66-68,92-93H,29-31,34-42H2,1-9H3,(H2,82,94)(H,83,96)(H,84,97)(H,85,98)(H,86,95)(H,87,99)(H,88,100)/t46-,47-,48-,58+,59+,60+,61-,62-,63-,66+,67?,68+/m0/s1. The van der Waals surface area contributed by atoms with Crippen LogP contribution in [-0.4, -0.2) is 168 Å². The Kier molecular flexibility index (Phi) is 19.4. The lowest BCUT2D eigenvalue weighted by atomic mass is 9.58. The normalized spacial score (nSPS) is 26.9. The van der Waals surface area contributed by atoms with Crippen molar-refractivity contribution in [3.63, 3.8) is 0 Å². The summed E-state index contributed by atoms with van der Waals surface area (Å²) in [7, 11) is 4.80. The number of carbonyl (C=O) groups excluding carboxylic acids is 8. The highest BCUT2D eigenvalue weighted by Crippen LogP contribution is 2.58. The maximum absolute atomic E-state index is 14.8. The van der Waals surface area contributed by atoms with E-state index in [0.29, 0.717) is 106 Å². The number of benzene rings is 6. The maximum Gasteiger partial charge on any atom is 0.340 e. The van der Waals surface area contributed by atoms with Crippen molar-refractivity contribution in [2.75, 3.05) is 41.0 Å². The number of phenols is 2. The molecule has 6 fully saturated rings. The third-order valence-corrected chi connectivity index (χ3v) is 24.6. The van der Waals surface area contributed by atoms with Crippen molar-refractivity contribution in [3.05, 3.63) is 172 Å². The summed E-state index contributed by atoms with van der Waals surface area (Å²) in [4.78, 5) is 120. The molecule has 7 amide bonds. The summed E-state index contributed by atoms with van der Waals surface area (Å²) in [6.45, 7) is 14.3. The molecule has 1 spiro atoms. The zero-order valence-corrected chi connectivity index (χ0v) is 61.2. The average Bonchev–Trinajstić information content (AvgIpc) is 1.41. The van der Waals surface area contributed by atoms with Crippen molar-refractivity contribution in [2.24, 2.45) is 39.7 Å². The Morgan fingerprint density at radius 1 is 0.462 bits per heavy atom. The van der Waals surface area contributed by atoms with Crippen LogP contribution in [0.5, 0.6) is 40.2 Å². The second kappa shape index (κ2) is 28.2. The Balaban J connectivity index is 0.594. The van der Waals surface area contributed by atoms with E-state index in [0.717, 1.165) is 22.4 Å². The van der Waals surface area contributed by atoms with Gasteiger partial charge >= 0.3 is 5.97 Å². The van der Waals surface area contributed by atoms with E-state index in [1.165, 1.54) is 24.3 Å². The van der Waals surface area contributed by atoms with Crippen molar-refractivity contribution in [1.82, 2.24) is 46.6 Å². The number of nitrogens with two attached hydrogens (primary N) is 1. The lowest BCUT2D eigenvalue weighted by Crippen LogP contribution is -2.64. The van der Waals surface area contributed by atoms with Crippen LogP contribution in [0.3, 0.4) is 0 Å². The molecule has 5 aliphatic heterocycles. The Labute approximate surface area is 615 Å². The number of hydrogen-bond donors (Lipinski definition) is 9. The number of phenolic OH excluding ortho intramolecular Hbond substituents is 2. The Hall–Kier alpha value is -10.2. The number of methoxy groups -OCH3 is 3. The quantitative estimate of drug-likeness (QED) is 0.0321. The molecule has 25 nitrogen and oxygen atoms in total. The molecule has 0 radical (unpaired) electrons. The van der Waals surface area contributed by atoms with Crippen LogP contribution in [0.4, 0.5) is 0 Å². The molecular formula is C81H94N10O15. The predicted octanol–water partition coefficient (Wildman–Crippen LogP) is 6.66. The summed E-state index contributed by atoms with van der Waals surface area (Å²) in [6, 6.07) is 32.7. The van der Waals surface area contributed by atoms with Crippen molar-refractivity contribution in [2.45, 2.75) is 160 Å². The van der Waals surface area contributed by atoms with E-state index >= 15 is 0 Å². The first-order chi connectivity index (χ1) is 50.6. The SMILES string of the molecule is COc1ccc(CN2C[C@@H](NC(=O)[C@H]3CC(NC(=O)[C@@H]4C[C@H](NC(=O)[C@H]5C[C@@H](NC(=O)[C@@H]6C[C@H](NC(=O)[C@H]7C[C@@H](NC(=O)c8cccc9c8C(=O)OC98c9ccc(O)cc9Oc9cc(O)ccc98)C7(C)C)CN6Cc6ccc(OC)cc6)C5(C)C)CN4Cc4ccc(OC)cc4)C3(C)C)C[C@H]2C(N)=O)cc1. The minimum absolute atomic E-state index is 0.0536. The smallest absolute Gasteiger partial charge is 0.340 e. The van der Waals surface area contributed by atoms with Crippen molar-refractivity contribution in [3.8, 4) is 40.2 Å². The zero-order valence-electron chi connectivity index (χ0n) is 61.2. The van der Waals surface area contributed by atoms with Gasteiger partial charge in [-0.2, -0.15) is 0 Å². The molecule has 6 aromatic carbocycles. The molecule has 6 aromatic rings. The molecule has 10 N–H and O–H groups in total. The van der Waals surface area contributed by atoms with Crippen LogP contribution in [0.2, 0.25) is 0 Å². The fraction of sp³-hybridized carbons (Fsp3) is 0.457. The number of fused-ring (bicyclic) bond motifs is 6. The molecule has 5 heterocycles. The molecule has 3 saturated heterocycles. The summed E-state index contributed by atoms with van der Waals surface area (Å²) in [5.74, 6) is -1.71. The minimum atomic E-state index is -1.57. The molecule has 8 aliphatic rings. The third-order valence-electron chi connectivity index (χ3n) is 24.6. The number of primary amides is 1. The third kappa shape index (κ3) is 13.5. The molecule has 0 aromatic heterocycles. The summed E-state index contributed by atoms with van der Waals surface area (Å²) in [6.07, 6.45) is 2.14. The van der Waals surface area contributed by atoms with Crippen LogP contribution in [0, 0.1) is 34.0 Å². The Morgan fingerprint density at radius 3 is 1.20 bits per heavy atom. The van der Waals surface area contributed by atoms with Gasteiger partial charge in [-0.25, -0.2) is 4.79 Å². The molecule has 12 atom stereocenters. The second-order valence-electron chi connectivity index (χ2n) is 31.8. The van der Waals surface area contributed by atoms with Crippen LogP contribution in [0.25, 0.3) is 0 Å². The van der Waals surface area contributed by atoms with Crippen LogP contribution < -0.4 is 56.6 Å². The number of esters is 1. The van der Waals surface area contributed by atoms with E-state index in [4.69, 9.17) is 29.4 Å². The Bertz CT molecular complexity index is 4400. The number of amides is 7. The van der Waals surface area contributed by atoms with Crippen LogP contribution >= 0.6 is 0 Å². The van der Waals surface area contributed by atoms with Crippen LogP contribution in [0.1, 0.15) is 134 Å². The van der Waals surface area contributed by atoms with Crippen molar-refractivity contribution in [1.29, 1.82) is 0 Å². The van der Waals surface area contributed by atoms with Crippen molar-refractivity contribution < 1.29 is 72.3 Å². The number of carbonyl (C=O) groups is 8. The van der Waals surface area contributed by atoms with E-state index < -0.39 is 87.6 Å². The van der Waals surface area contributed by atoms with Crippen LogP contribution in [0.15, 0.2) is 127 Å². The highest BCUT2D eigenvalue weighted by Gasteiger charge is 2.59. The van der Waals surface area contributed by atoms with E-state index in [9.17, 15) is 48.6 Å². The first kappa shape index (κ1) is 72.7. The van der Waals surface area contributed by atoms with Gasteiger partial charge in [-0.3, -0.25) is 48.3 Å². The van der Waals surface area contributed by atoms with Gasteiger partial charge in [0.15, 0.2) is 5.60 Å². The average molecular weight is 1450 g/mol. The molecule has 25 heteroatoms. The lowest BCUT2D eigenvalue weighted by Gasteiger charge is -2.51. The topological polar surface area (TPSA) is 331 Å². The molecule has 558 valence electrons. The molecule has 106 heavy (non-hydrogen) atoms. The first-order valence-electron chi connectivity index (χ1n) is 36.5. The molecule has 1 unspecified atom stereocenters. The maximum atomic E-state index is 14.8. The Morgan fingerprint density at radius 2 is 0.830 bits per heavy atom. The van der Waals surface area contributed by atoms with E-state index in [1.807, 2.05) is 119 Å². The number of rotatable bonds is 22. The van der Waals surface area contributed by atoms with Crippen molar-refractivity contribution >= 4 is 47.3 Å². The summed E-state index contributed by atoms with van der Waals surface area (Å²) >= 11 is 0.